The lowest BCUT2D eigenvalue weighted by atomic mass is 10.0. The van der Waals surface area contributed by atoms with Crippen molar-refractivity contribution in [2.45, 2.75) is 56.9 Å². The lowest BCUT2D eigenvalue weighted by molar-refractivity contribution is -0.645. The summed E-state index contributed by atoms with van der Waals surface area (Å²) in [5.74, 6) is -2.25. The molecule has 4 aromatic rings. The lowest BCUT2D eigenvalue weighted by Crippen LogP contribution is -2.41. The summed E-state index contributed by atoms with van der Waals surface area (Å²) in [6.45, 7) is 2.15. The number of hydrogen-bond donors (Lipinski definition) is 3. The highest BCUT2D eigenvalue weighted by atomic mass is 32.2. The van der Waals surface area contributed by atoms with Crippen LogP contribution in [0.15, 0.2) is 77.7 Å². The number of aromatic nitrogens is 1. The van der Waals surface area contributed by atoms with Gasteiger partial charge in [0.25, 0.3) is 36.2 Å². The molecule has 0 atom stereocenters. The third kappa shape index (κ3) is 10.0. The highest BCUT2D eigenvalue weighted by Gasteiger charge is 2.34. The van der Waals surface area contributed by atoms with Crippen molar-refractivity contribution in [3.8, 4) is 0 Å². The van der Waals surface area contributed by atoms with Gasteiger partial charge in [-0.1, -0.05) is 43.3 Å². The van der Waals surface area contributed by atoms with Gasteiger partial charge in [0, 0.05) is 38.1 Å². The van der Waals surface area contributed by atoms with Gasteiger partial charge in [0.2, 0.25) is 16.9 Å². The normalized spacial score (nSPS) is 12.3. The second-order valence-electron chi connectivity index (χ2n) is 11.6. The van der Waals surface area contributed by atoms with E-state index < -0.39 is 54.2 Å². The fraction of sp³-hybridized carbons (Fsp3) is 0.364. The molecule has 1 heterocycles. The molecule has 4 rings (SSSR count). The second-order valence-corrected chi connectivity index (χ2v) is 16.6. The Labute approximate surface area is 286 Å². The summed E-state index contributed by atoms with van der Waals surface area (Å²) >= 11 is 0. The smallest absolute Gasteiger partial charge is 0.269 e. The molecule has 0 saturated carbocycles. The van der Waals surface area contributed by atoms with Gasteiger partial charge < -0.3 is 5.32 Å². The highest BCUT2D eigenvalue weighted by Crippen LogP contribution is 2.29. The average molecular weight is 735 g/mol. The molecule has 49 heavy (non-hydrogen) atoms. The number of aryl methyl sites for hydroxylation is 2. The third-order valence-corrected chi connectivity index (χ3v) is 11.3. The SMILES string of the molecule is CCCNC(=O)CCCc1ccc(S(=O)(=O)N(CCCS(=O)(=O)O)C(=O)c2c3ccccc3[n+](CCCS(=O)(=O)O)c3ccccc23)cc1. The summed E-state index contributed by atoms with van der Waals surface area (Å²) in [5, 5.41) is 3.54. The number of benzene rings is 3. The number of pyridine rings is 1. The third-order valence-electron chi connectivity index (χ3n) is 7.87. The van der Waals surface area contributed by atoms with E-state index in [-0.39, 0.29) is 35.8 Å². The van der Waals surface area contributed by atoms with Crippen LogP contribution < -0.4 is 9.88 Å². The van der Waals surface area contributed by atoms with Crippen molar-refractivity contribution in [3.05, 3.63) is 83.9 Å². The first-order valence-electron chi connectivity index (χ1n) is 15.8. The zero-order valence-corrected chi connectivity index (χ0v) is 29.4. The summed E-state index contributed by atoms with van der Waals surface area (Å²) < 4.78 is 95.3. The van der Waals surface area contributed by atoms with E-state index in [1.54, 1.807) is 65.2 Å². The van der Waals surface area contributed by atoms with Crippen LogP contribution in [0.1, 0.15) is 54.9 Å². The van der Waals surface area contributed by atoms with Gasteiger partial charge in [0.1, 0.15) is 0 Å². The number of nitrogens with zero attached hydrogens (tertiary/aromatic N) is 2. The molecule has 0 spiro atoms. The van der Waals surface area contributed by atoms with Gasteiger partial charge in [-0.05, 0) is 55.5 Å². The number of sulfonamides is 1. The number of nitrogens with one attached hydrogen (secondary N) is 1. The zero-order valence-electron chi connectivity index (χ0n) is 27.0. The molecule has 0 saturated heterocycles. The molecule has 0 aliphatic rings. The molecule has 3 N–H and O–H groups in total. The summed E-state index contributed by atoms with van der Waals surface area (Å²) in [6.07, 6.45) is 1.89. The lowest BCUT2D eigenvalue weighted by Gasteiger charge is -2.24. The molecule has 13 nitrogen and oxygen atoms in total. The Kier molecular flexibility index (Phi) is 12.5. The molecule has 0 aliphatic carbocycles. The minimum absolute atomic E-state index is 0.0330. The van der Waals surface area contributed by atoms with Gasteiger partial charge in [0.05, 0.1) is 32.7 Å². The summed E-state index contributed by atoms with van der Waals surface area (Å²) in [6, 6.07) is 19.3. The molecule has 0 bridgehead atoms. The van der Waals surface area contributed by atoms with Crippen molar-refractivity contribution in [1.29, 1.82) is 0 Å². The van der Waals surface area contributed by atoms with Crippen LogP contribution in [0.25, 0.3) is 21.8 Å². The molecular formula is C33H40N3O10S3+. The standard InChI is InChI=1S/C33H39N3O10S3/c1-2-20-34-31(37)15-7-10-25-16-18-26(19-17-25)49(45,46)36(22-9-24-48(42,43)44)33(38)32-27-11-3-5-13-29(27)35(21-8-23-47(39,40)41)30-14-6-4-12-28(30)32/h3-6,11-14,16-19H,2,7-10,15,20-24H2,1H3,(H2-,34,37,39,40,41,42,43,44)/p+1. The van der Waals surface area contributed by atoms with Gasteiger partial charge in [-0.3, -0.25) is 18.7 Å². The Hall–Kier alpha value is -3.96. The van der Waals surface area contributed by atoms with Gasteiger partial charge in [-0.15, -0.1) is 0 Å². The minimum atomic E-state index is -4.56. The van der Waals surface area contributed by atoms with E-state index in [9.17, 15) is 43.9 Å². The number of amides is 2. The van der Waals surface area contributed by atoms with Crippen LogP contribution in [0.3, 0.4) is 0 Å². The molecule has 0 aliphatic heterocycles. The van der Waals surface area contributed by atoms with Crippen molar-refractivity contribution in [2.24, 2.45) is 0 Å². The largest absolute Gasteiger partial charge is 0.356 e. The monoisotopic (exact) mass is 734 g/mol. The fourth-order valence-electron chi connectivity index (χ4n) is 5.60. The van der Waals surface area contributed by atoms with Crippen LogP contribution in [0, 0.1) is 0 Å². The van der Waals surface area contributed by atoms with Crippen LogP contribution in [-0.4, -0.2) is 75.1 Å². The van der Waals surface area contributed by atoms with E-state index in [1.807, 2.05) is 6.92 Å². The predicted molar refractivity (Wildman–Crippen MR) is 185 cm³/mol. The van der Waals surface area contributed by atoms with Crippen LogP contribution in [0.2, 0.25) is 0 Å². The van der Waals surface area contributed by atoms with Crippen molar-refractivity contribution in [1.82, 2.24) is 9.62 Å². The molecular weight excluding hydrogens is 695 g/mol. The maximum atomic E-state index is 14.5. The Balaban J connectivity index is 1.75. The maximum Gasteiger partial charge on any atom is 0.269 e. The van der Waals surface area contributed by atoms with Crippen LogP contribution in [0.5, 0.6) is 0 Å². The molecule has 3 aromatic carbocycles. The first kappa shape index (κ1) is 37.9. The van der Waals surface area contributed by atoms with Gasteiger partial charge in [-0.25, -0.2) is 12.7 Å². The summed E-state index contributed by atoms with van der Waals surface area (Å²) in [5.41, 5.74) is 1.82. The highest BCUT2D eigenvalue weighted by molar-refractivity contribution is 7.89. The number of rotatable bonds is 17. The number of carbonyl (C=O) groups excluding carboxylic acids is 2. The Morgan fingerprint density at radius 1 is 0.755 bits per heavy atom. The van der Waals surface area contributed by atoms with Gasteiger partial charge >= 0.3 is 0 Å². The molecule has 264 valence electrons. The Bertz CT molecular complexity index is 2100. The van der Waals surface area contributed by atoms with E-state index >= 15 is 0 Å². The molecule has 0 fully saturated rings. The number of carbonyl (C=O) groups is 2. The van der Waals surface area contributed by atoms with Gasteiger partial charge in [0.15, 0.2) is 6.54 Å². The maximum absolute atomic E-state index is 14.5. The van der Waals surface area contributed by atoms with E-state index in [2.05, 4.69) is 5.32 Å². The quantitative estimate of drug-likeness (QED) is 0.0821. The van der Waals surface area contributed by atoms with Crippen molar-refractivity contribution in [3.63, 3.8) is 0 Å². The van der Waals surface area contributed by atoms with Crippen LogP contribution in [-0.2, 0) is 48.0 Å². The number of para-hydroxylation sites is 2. The number of fused-ring (bicyclic) bond motifs is 2. The number of hydrogen-bond acceptors (Lipinski definition) is 8. The predicted octanol–water partition coefficient (Wildman–Crippen LogP) is 3.52. The van der Waals surface area contributed by atoms with Crippen molar-refractivity contribution in [2.75, 3.05) is 24.6 Å². The Morgan fingerprint density at radius 3 is 1.86 bits per heavy atom. The van der Waals surface area contributed by atoms with E-state index in [4.69, 9.17) is 0 Å². The van der Waals surface area contributed by atoms with Crippen molar-refractivity contribution >= 4 is 63.9 Å². The molecule has 16 heteroatoms. The summed E-state index contributed by atoms with van der Waals surface area (Å²) in [4.78, 5) is 26.3. The zero-order chi connectivity index (χ0) is 35.8. The van der Waals surface area contributed by atoms with Gasteiger partial charge in [-0.2, -0.15) is 21.4 Å². The first-order chi connectivity index (χ1) is 23.1. The first-order valence-corrected chi connectivity index (χ1v) is 20.4. The van der Waals surface area contributed by atoms with E-state index in [0.717, 1.165) is 12.0 Å². The van der Waals surface area contributed by atoms with E-state index in [0.29, 0.717) is 51.9 Å². The molecule has 2 amide bonds. The molecule has 0 unspecified atom stereocenters. The second kappa shape index (κ2) is 16.2. The fourth-order valence-corrected chi connectivity index (χ4v) is 8.00. The van der Waals surface area contributed by atoms with Crippen LogP contribution >= 0.6 is 0 Å². The molecule has 1 aromatic heterocycles. The topological polar surface area (TPSA) is 196 Å². The average Bonchev–Trinajstić information content (AvgIpc) is 3.04. The van der Waals surface area contributed by atoms with Crippen molar-refractivity contribution < 1.29 is 48.5 Å². The summed E-state index contributed by atoms with van der Waals surface area (Å²) in [7, 11) is -13.3. The Morgan fingerprint density at radius 2 is 1.31 bits per heavy atom. The minimum Gasteiger partial charge on any atom is -0.356 e. The van der Waals surface area contributed by atoms with Crippen LogP contribution in [0.4, 0.5) is 0 Å². The molecule has 0 radical (unpaired) electrons. The van der Waals surface area contributed by atoms with E-state index in [1.165, 1.54) is 12.1 Å².